The van der Waals surface area contributed by atoms with Crippen molar-refractivity contribution in [3.8, 4) is 11.4 Å². The number of nitrogens with zero attached hydrogens (tertiary/aromatic N) is 6. The van der Waals surface area contributed by atoms with Gasteiger partial charge in [0.2, 0.25) is 17.9 Å². The summed E-state index contributed by atoms with van der Waals surface area (Å²) in [6.07, 6.45) is 3.41. The van der Waals surface area contributed by atoms with Gasteiger partial charge >= 0.3 is 6.03 Å². The normalized spacial score (nSPS) is 21.8. The number of aromatic amines is 1. The molecule has 3 fully saturated rings. The van der Waals surface area contributed by atoms with Gasteiger partial charge in [0.15, 0.2) is 0 Å². The summed E-state index contributed by atoms with van der Waals surface area (Å²) in [4.78, 5) is 49.2. The van der Waals surface area contributed by atoms with Gasteiger partial charge in [0.1, 0.15) is 6.54 Å². The number of hydrogen-bond donors (Lipinski definition) is 3. The van der Waals surface area contributed by atoms with Crippen LogP contribution in [0, 0.1) is 17.8 Å². The molecule has 3 aliphatic heterocycles. The third-order valence-corrected chi connectivity index (χ3v) is 8.35. The highest BCUT2D eigenvalue weighted by Gasteiger charge is 2.37. The summed E-state index contributed by atoms with van der Waals surface area (Å²) >= 11 is 0. The summed E-state index contributed by atoms with van der Waals surface area (Å²) in [6, 6.07) is 13.9. The molecule has 1 atom stereocenters. The Labute approximate surface area is 244 Å². The highest BCUT2D eigenvalue weighted by atomic mass is 16.2. The van der Waals surface area contributed by atoms with E-state index in [0.717, 1.165) is 44.3 Å². The molecule has 12 heteroatoms. The molecule has 0 radical (unpaired) electrons. The maximum absolute atomic E-state index is 14.1. The minimum Gasteiger partial charge on any atom is -0.341 e. The summed E-state index contributed by atoms with van der Waals surface area (Å²) in [6.45, 7) is 5.35. The third-order valence-electron chi connectivity index (χ3n) is 8.35. The van der Waals surface area contributed by atoms with Crippen LogP contribution in [0.15, 0.2) is 53.5 Å². The molecule has 1 saturated carbocycles. The van der Waals surface area contributed by atoms with Crippen LogP contribution in [0.2, 0.25) is 0 Å². The van der Waals surface area contributed by atoms with Crippen molar-refractivity contribution in [2.45, 2.75) is 45.7 Å². The van der Waals surface area contributed by atoms with Crippen LogP contribution >= 0.6 is 0 Å². The summed E-state index contributed by atoms with van der Waals surface area (Å²) < 4.78 is 0. The standard InChI is InChI=1S/C30H35N9O3/c1-18(2)26-23-8-3-4-9-24(23)39(17-25(40)38-15-19-10-11-20(16-38)13-12-19)29(41)28(32-26)33-30(42)31-22-7-5-6-21(14-22)27-34-36-37-35-27/h3-9,14,18-20,28H,10-13,15-17H2,1-2H3,(H2,31,33,42)(H,34,35,36,37)/t19?,20?,28-/m0/s1. The lowest BCUT2D eigenvalue weighted by Gasteiger charge is -2.29. The highest BCUT2D eigenvalue weighted by Crippen LogP contribution is 2.34. The van der Waals surface area contributed by atoms with Crippen molar-refractivity contribution in [3.63, 3.8) is 0 Å². The average Bonchev–Trinajstić information content (AvgIpc) is 3.31. The van der Waals surface area contributed by atoms with Crippen molar-refractivity contribution in [3.05, 3.63) is 54.1 Å². The predicted octanol–water partition coefficient (Wildman–Crippen LogP) is 3.45. The number of amides is 4. The number of carbonyl (C=O) groups is 3. The number of nitrogens with one attached hydrogen (secondary N) is 3. The van der Waals surface area contributed by atoms with E-state index in [2.05, 4.69) is 31.3 Å². The molecule has 3 N–H and O–H groups in total. The molecular formula is C30H35N9O3. The SMILES string of the molecule is CC(C)C1=N[C@@H](NC(=O)Nc2cccc(-c3nn[nH]n3)c2)C(=O)N(CC(=O)N2CC3CCC(CC3)C2)c2ccccc21. The Kier molecular flexibility index (Phi) is 7.68. The Morgan fingerprint density at radius 3 is 2.45 bits per heavy atom. The number of hydrogen-bond acceptors (Lipinski definition) is 7. The number of fused-ring (bicyclic) bond motifs is 5. The molecule has 1 aliphatic carbocycles. The molecule has 42 heavy (non-hydrogen) atoms. The third kappa shape index (κ3) is 5.74. The minimum atomic E-state index is -1.22. The van der Waals surface area contributed by atoms with Crippen LogP contribution < -0.4 is 15.5 Å². The van der Waals surface area contributed by atoms with Crippen molar-refractivity contribution < 1.29 is 14.4 Å². The maximum atomic E-state index is 14.1. The van der Waals surface area contributed by atoms with Crippen LogP contribution in [-0.4, -0.2) is 74.9 Å². The number of urea groups is 1. The molecule has 4 aliphatic rings. The first-order valence-corrected chi connectivity index (χ1v) is 14.5. The van der Waals surface area contributed by atoms with E-state index in [1.165, 1.54) is 4.90 Å². The van der Waals surface area contributed by atoms with Crippen LogP contribution in [-0.2, 0) is 9.59 Å². The monoisotopic (exact) mass is 569 g/mol. The van der Waals surface area contributed by atoms with E-state index in [1.54, 1.807) is 24.3 Å². The number of aromatic nitrogens is 4. The Morgan fingerprint density at radius 1 is 1.02 bits per heavy atom. The van der Waals surface area contributed by atoms with E-state index in [9.17, 15) is 14.4 Å². The van der Waals surface area contributed by atoms with Crippen molar-refractivity contribution in [2.75, 3.05) is 29.9 Å². The van der Waals surface area contributed by atoms with Gasteiger partial charge in [-0.3, -0.25) is 19.5 Å². The summed E-state index contributed by atoms with van der Waals surface area (Å²) in [5.41, 5.74) is 3.23. The molecule has 2 saturated heterocycles. The zero-order valence-electron chi connectivity index (χ0n) is 23.8. The van der Waals surface area contributed by atoms with E-state index >= 15 is 0 Å². The second-order valence-corrected chi connectivity index (χ2v) is 11.6. The molecule has 0 spiro atoms. The first-order valence-electron chi connectivity index (χ1n) is 14.5. The quantitative estimate of drug-likeness (QED) is 0.414. The summed E-state index contributed by atoms with van der Waals surface area (Å²) in [7, 11) is 0. The Balaban J connectivity index is 1.25. The Morgan fingerprint density at radius 2 is 1.76 bits per heavy atom. The van der Waals surface area contributed by atoms with E-state index in [4.69, 9.17) is 4.99 Å². The second kappa shape index (κ2) is 11.7. The fraction of sp³-hybridized carbons (Fsp3) is 0.433. The van der Waals surface area contributed by atoms with Gasteiger partial charge in [-0.1, -0.05) is 44.2 Å². The molecule has 2 bridgehead atoms. The highest BCUT2D eigenvalue weighted by molar-refractivity contribution is 6.15. The van der Waals surface area contributed by atoms with Gasteiger partial charge in [-0.05, 0) is 66.8 Å². The smallest absolute Gasteiger partial charge is 0.321 e. The number of tetrazole rings is 1. The molecular weight excluding hydrogens is 534 g/mol. The van der Waals surface area contributed by atoms with Gasteiger partial charge in [0.05, 0.1) is 5.69 Å². The molecule has 3 aromatic rings. The molecule has 0 unspecified atom stereocenters. The minimum absolute atomic E-state index is 0.0326. The van der Waals surface area contributed by atoms with Gasteiger partial charge in [-0.15, -0.1) is 10.2 Å². The van der Waals surface area contributed by atoms with E-state index in [0.29, 0.717) is 40.3 Å². The lowest BCUT2D eigenvalue weighted by Crippen LogP contribution is -2.52. The number of benzodiazepines with no additional fused rings is 1. The number of anilines is 2. The molecule has 218 valence electrons. The number of H-pyrrole nitrogens is 1. The summed E-state index contributed by atoms with van der Waals surface area (Å²) in [5, 5.41) is 19.5. The van der Waals surface area contributed by atoms with Gasteiger partial charge in [-0.2, -0.15) is 5.21 Å². The van der Waals surface area contributed by atoms with Gasteiger partial charge in [0, 0.05) is 35.6 Å². The van der Waals surface area contributed by atoms with Crippen molar-refractivity contribution in [2.24, 2.45) is 22.7 Å². The molecule has 4 amide bonds. The largest absolute Gasteiger partial charge is 0.341 e. The first kappa shape index (κ1) is 27.6. The van der Waals surface area contributed by atoms with Crippen molar-refractivity contribution >= 4 is 34.9 Å². The lowest BCUT2D eigenvalue weighted by atomic mass is 9.84. The topological polar surface area (TPSA) is 149 Å². The molecule has 4 heterocycles. The lowest BCUT2D eigenvalue weighted by molar-refractivity contribution is -0.132. The summed E-state index contributed by atoms with van der Waals surface area (Å²) in [5.74, 6) is 0.862. The zero-order valence-corrected chi connectivity index (χ0v) is 23.8. The Bertz CT molecular complexity index is 1480. The fourth-order valence-electron chi connectivity index (χ4n) is 6.22. The maximum Gasteiger partial charge on any atom is 0.321 e. The first-order chi connectivity index (χ1) is 20.4. The zero-order chi connectivity index (χ0) is 29.2. The molecule has 12 nitrogen and oxygen atoms in total. The van der Waals surface area contributed by atoms with Gasteiger partial charge in [0.25, 0.3) is 5.91 Å². The van der Waals surface area contributed by atoms with Crippen molar-refractivity contribution in [1.82, 2.24) is 30.8 Å². The molecule has 1 aromatic heterocycles. The average molecular weight is 570 g/mol. The van der Waals surface area contributed by atoms with Crippen LogP contribution in [0.4, 0.5) is 16.2 Å². The fourth-order valence-corrected chi connectivity index (χ4v) is 6.22. The van der Waals surface area contributed by atoms with E-state index < -0.39 is 18.1 Å². The molecule has 7 rings (SSSR count). The van der Waals surface area contributed by atoms with Gasteiger partial charge in [-0.25, -0.2) is 4.79 Å². The number of para-hydroxylation sites is 1. The number of benzene rings is 2. The number of carbonyl (C=O) groups excluding carboxylic acids is 3. The van der Waals surface area contributed by atoms with Crippen LogP contribution in [0.5, 0.6) is 0 Å². The number of rotatable bonds is 6. The number of aliphatic imine (C=N–C) groups is 1. The van der Waals surface area contributed by atoms with Gasteiger partial charge < -0.3 is 15.5 Å². The van der Waals surface area contributed by atoms with Crippen LogP contribution in [0.3, 0.4) is 0 Å². The predicted molar refractivity (Wildman–Crippen MR) is 158 cm³/mol. The van der Waals surface area contributed by atoms with Crippen molar-refractivity contribution in [1.29, 1.82) is 0 Å². The van der Waals surface area contributed by atoms with E-state index in [-0.39, 0.29) is 18.4 Å². The van der Waals surface area contributed by atoms with Crippen LogP contribution in [0.1, 0.15) is 45.1 Å². The van der Waals surface area contributed by atoms with E-state index in [1.807, 2.05) is 43.0 Å². The Hall–Kier alpha value is -4.61. The molecule has 2 aromatic carbocycles. The second-order valence-electron chi connectivity index (χ2n) is 11.6. The van der Waals surface area contributed by atoms with Crippen LogP contribution in [0.25, 0.3) is 11.4 Å².